The summed E-state index contributed by atoms with van der Waals surface area (Å²) in [6, 6.07) is 0. The second-order valence-electron chi connectivity index (χ2n) is 6.36. The highest BCUT2D eigenvalue weighted by Gasteiger charge is 2.41. The second kappa shape index (κ2) is 5.88. The second-order valence-corrected chi connectivity index (χ2v) is 8.54. The number of rotatable bonds is 6. The van der Waals surface area contributed by atoms with E-state index in [-0.39, 0.29) is 17.0 Å². The predicted octanol–water partition coefficient (Wildman–Crippen LogP) is 1.02. The van der Waals surface area contributed by atoms with Gasteiger partial charge in [0.2, 0.25) is 0 Å². The Bertz CT molecular complexity index is 357. The molecule has 1 aliphatic heterocycles. The minimum absolute atomic E-state index is 0.194. The molecule has 5 heteroatoms. The molecular weight excluding hydrogens is 248 g/mol. The van der Waals surface area contributed by atoms with E-state index in [1.54, 1.807) is 0 Å². The number of sulfone groups is 1. The van der Waals surface area contributed by atoms with Crippen LogP contribution in [0.25, 0.3) is 0 Å². The molecule has 1 rings (SSSR count). The fourth-order valence-corrected chi connectivity index (χ4v) is 4.92. The number of hydrogen-bond acceptors (Lipinski definition) is 4. The smallest absolute Gasteiger partial charge is 0.152 e. The standard InChI is InChI=1S/C13H28N2O2S/c1-10(2)12(11(3)4)7-15-13(8-14)5-6-18(16,17)9-13/h10-12,15H,5-9,14H2,1-4H3. The van der Waals surface area contributed by atoms with Crippen LogP contribution >= 0.6 is 0 Å². The third-order valence-electron chi connectivity index (χ3n) is 4.20. The first kappa shape index (κ1) is 15.9. The molecule has 0 radical (unpaired) electrons. The normalized spacial score (nSPS) is 27.6. The Morgan fingerprint density at radius 3 is 2.11 bits per heavy atom. The van der Waals surface area contributed by atoms with Crippen LogP contribution in [0, 0.1) is 17.8 Å². The van der Waals surface area contributed by atoms with E-state index in [4.69, 9.17) is 5.73 Å². The van der Waals surface area contributed by atoms with Crippen molar-refractivity contribution in [1.82, 2.24) is 5.32 Å². The molecule has 1 aliphatic rings. The van der Waals surface area contributed by atoms with Gasteiger partial charge in [-0.1, -0.05) is 27.7 Å². The summed E-state index contributed by atoms with van der Waals surface area (Å²) in [4.78, 5) is 0. The maximum Gasteiger partial charge on any atom is 0.152 e. The monoisotopic (exact) mass is 276 g/mol. The van der Waals surface area contributed by atoms with E-state index in [1.165, 1.54) is 0 Å². The topological polar surface area (TPSA) is 72.2 Å². The van der Waals surface area contributed by atoms with Gasteiger partial charge in [0.1, 0.15) is 0 Å². The average molecular weight is 276 g/mol. The van der Waals surface area contributed by atoms with Gasteiger partial charge in [-0.15, -0.1) is 0 Å². The lowest BCUT2D eigenvalue weighted by Crippen LogP contribution is -2.54. The zero-order valence-corrected chi connectivity index (χ0v) is 12.9. The van der Waals surface area contributed by atoms with E-state index in [0.717, 1.165) is 6.54 Å². The van der Waals surface area contributed by atoms with Crippen molar-refractivity contribution in [3.8, 4) is 0 Å². The molecule has 1 heterocycles. The zero-order chi connectivity index (χ0) is 14.0. The highest BCUT2D eigenvalue weighted by molar-refractivity contribution is 7.91. The largest absolute Gasteiger partial charge is 0.329 e. The summed E-state index contributed by atoms with van der Waals surface area (Å²) in [5.41, 5.74) is 5.41. The molecule has 1 saturated heterocycles. The van der Waals surface area contributed by atoms with Crippen LogP contribution in [-0.2, 0) is 9.84 Å². The van der Waals surface area contributed by atoms with Gasteiger partial charge in [-0.3, -0.25) is 0 Å². The lowest BCUT2D eigenvalue weighted by Gasteiger charge is -2.33. The molecule has 0 amide bonds. The van der Waals surface area contributed by atoms with Gasteiger partial charge in [-0.2, -0.15) is 0 Å². The van der Waals surface area contributed by atoms with Crippen molar-refractivity contribution in [1.29, 1.82) is 0 Å². The molecule has 3 N–H and O–H groups in total. The highest BCUT2D eigenvalue weighted by atomic mass is 32.2. The fraction of sp³-hybridized carbons (Fsp3) is 1.00. The van der Waals surface area contributed by atoms with Gasteiger partial charge < -0.3 is 11.1 Å². The molecule has 1 fully saturated rings. The summed E-state index contributed by atoms with van der Waals surface area (Å²) in [7, 11) is -2.90. The van der Waals surface area contributed by atoms with E-state index < -0.39 is 9.84 Å². The van der Waals surface area contributed by atoms with Gasteiger partial charge in [-0.05, 0) is 30.7 Å². The van der Waals surface area contributed by atoms with Crippen molar-refractivity contribution in [2.45, 2.75) is 39.7 Å². The zero-order valence-electron chi connectivity index (χ0n) is 12.1. The van der Waals surface area contributed by atoms with Crippen LogP contribution in [0.15, 0.2) is 0 Å². The SMILES string of the molecule is CC(C)C(CNC1(CN)CCS(=O)(=O)C1)C(C)C. The van der Waals surface area contributed by atoms with E-state index in [2.05, 4.69) is 33.0 Å². The molecule has 0 aromatic rings. The van der Waals surface area contributed by atoms with Gasteiger partial charge >= 0.3 is 0 Å². The quantitative estimate of drug-likeness (QED) is 0.760. The third-order valence-corrected chi connectivity index (χ3v) is 6.02. The molecule has 0 aliphatic carbocycles. The van der Waals surface area contributed by atoms with E-state index in [1.807, 2.05) is 0 Å². The van der Waals surface area contributed by atoms with Gasteiger partial charge in [-0.25, -0.2) is 8.42 Å². The van der Waals surface area contributed by atoms with Crippen molar-refractivity contribution in [2.24, 2.45) is 23.5 Å². The van der Waals surface area contributed by atoms with E-state index in [9.17, 15) is 8.42 Å². The molecule has 1 unspecified atom stereocenters. The average Bonchev–Trinajstić information content (AvgIpc) is 2.54. The molecule has 0 spiro atoms. The summed E-state index contributed by atoms with van der Waals surface area (Å²) >= 11 is 0. The minimum Gasteiger partial charge on any atom is -0.329 e. The number of nitrogens with one attached hydrogen (secondary N) is 1. The lowest BCUT2D eigenvalue weighted by molar-refractivity contribution is 0.241. The Labute approximate surface area is 112 Å². The van der Waals surface area contributed by atoms with Crippen LogP contribution < -0.4 is 11.1 Å². The van der Waals surface area contributed by atoms with Crippen LogP contribution in [-0.4, -0.2) is 38.6 Å². The molecular formula is C13H28N2O2S. The molecule has 0 bridgehead atoms. The lowest BCUT2D eigenvalue weighted by atomic mass is 9.84. The highest BCUT2D eigenvalue weighted by Crippen LogP contribution is 2.25. The van der Waals surface area contributed by atoms with Gasteiger partial charge in [0, 0.05) is 12.1 Å². The van der Waals surface area contributed by atoms with Crippen LogP contribution in [0.5, 0.6) is 0 Å². The Balaban J connectivity index is 2.65. The molecule has 1 atom stereocenters. The van der Waals surface area contributed by atoms with Crippen molar-refractivity contribution >= 4 is 9.84 Å². The summed E-state index contributed by atoms with van der Waals surface area (Å²) in [6.07, 6.45) is 0.648. The first-order valence-corrected chi connectivity index (χ1v) is 8.69. The van der Waals surface area contributed by atoms with Crippen molar-refractivity contribution < 1.29 is 8.42 Å². The van der Waals surface area contributed by atoms with Crippen LogP contribution in [0.3, 0.4) is 0 Å². The van der Waals surface area contributed by atoms with Crippen LogP contribution in [0.2, 0.25) is 0 Å². The van der Waals surface area contributed by atoms with E-state index >= 15 is 0 Å². The Hall–Kier alpha value is -0.130. The first-order chi connectivity index (χ1) is 8.21. The van der Waals surface area contributed by atoms with Crippen LogP contribution in [0.4, 0.5) is 0 Å². The maximum atomic E-state index is 11.6. The molecule has 0 saturated carbocycles. The molecule has 18 heavy (non-hydrogen) atoms. The summed E-state index contributed by atoms with van der Waals surface area (Å²) in [6.45, 7) is 10.1. The number of hydrogen-bond donors (Lipinski definition) is 2. The van der Waals surface area contributed by atoms with Gasteiger partial charge in [0.15, 0.2) is 9.84 Å². The van der Waals surface area contributed by atoms with Gasteiger partial charge in [0.05, 0.1) is 11.5 Å². The summed E-state index contributed by atoms with van der Waals surface area (Å²) < 4.78 is 23.2. The third kappa shape index (κ3) is 3.93. The Morgan fingerprint density at radius 1 is 1.22 bits per heavy atom. The molecule has 4 nitrogen and oxygen atoms in total. The molecule has 0 aromatic carbocycles. The molecule has 0 aromatic heterocycles. The van der Waals surface area contributed by atoms with Crippen molar-refractivity contribution in [3.63, 3.8) is 0 Å². The Kier molecular flexibility index (Phi) is 5.21. The minimum atomic E-state index is -2.90. The predicted molar refractivity (Wildman–Crippen MR) is 76.2 cm³/mol. The summed E-state index contributed by atoms with van der Waals surface area (Å²) in [5, 5.41) is 3.46. The van der Waals surface area contributed by atoms with Gasteiger partial charge in [0.25, 0.3) is 0 Å². The maximum absolute atomic E-state index is 11.6. The first-order valence-electron chi connectivity index (χ1n) is 6.87. The fourth-order valence-electron chi connectivity index (χ4n) is 2.86. The van der Waals surface area contributed by atoms with Crippen molar-refractivity contribution in [2.75, 3.05) is 24.6 Å². The van der Waals surface area contributed by atoms with Crippen molar-refractivity contribution in [3.05, 3.63) is 0 Å². The molecule has 108 valence electrons. The Morgan fingerprint density at radius 2 is 1.78 bits per heavy atom. The summed E-state index contributed by atoms with van der Waals surface area (Å²) in [5.74, 6) is 2.19. The van der Waals surface area contributed by atoms with E-state index in [0.29, 0.717) is 30.7 Å². The van der Waals surface area contributed by atoms with Crippen LogP contribution in [0.1, 0.15) is 34.1 Å². The number of nitrogens with two attached hydrogens (primary N) is 1.